The Balaban J connectivity index is 2.40. The fourth-order valence-corrected chi connectivity index (χ4v) is 3.62. The molecule has 0 saturated heterocycles. The van der Waals surface area contributed by atoms with E-state index in [0.29, 0.717) is 11.4 Å². The van der Waals surface area contributed by atoms with Crippen LogP contribution in [-0.4, -0.2) is 73.6 Å². The average molecular weight is 496 g/mol. The number of hydrogen-bond donors (Lipinski definition) is 2. The zero-order valence-corrected chi connectivity index (χ0v) is 20.3. The molecule has 0 aliphatic carbocycles. The Morgan fingerprint density at radius 2 is 1.70 bits per heavy atom. The van der Waals surface area contributed by atoms with E-state index in [1.54, 1.807) is 24.3 Å². The second-order valence-electron chi connectivity index (χ2n) is 7.74. The van der Waals surface area contributed by atoms with E-state index in [-0.39, 0.29) is 32.0 Å². The van der Waals surface area contributed by atoms with Gasteiger partial charge in [0.05, 0.1) is 12.8 Å². The number of nitrogens with one attached hydrogen (secondary N) is 1. The van der Waals surface area contributed by atoms with Gasteiger partial charge in [0.15, 0.2) is 0 Å². The third-order valence-electron chi connectivity index (χ3n) is 5.10. The van der Waals surface area contributed by atoms with Gasteiger partial charge in [0.2, 0.25) is 21.8 Å². The Morgan fingerprint density at radius 3 is 2.27 bits per heavy atom. The molecule has 0 heterocycles. The van der Waals surface area contributed by atoms with Crippen LogP contribution in [0.4, 0.5) is 0 Å². The Labute approximate surface area is 200 Å². The van der Waals surface area contributed by atoms with Gasteiger partial charge in [-0.15, -0.1) is 0 Å². The predicted molar refractivity (Wildman–Crippen MR) is 128 cm³/mol. The van der Waals surface area contributed by atoms with Gasteiger partial charge < -0.3 is 15.3 Å². The monoisotopic (exact) mass is 495 g/mol. The quantitative estimate of drug-likeness (QED) is 0.435. The first-order valence-corrected chi connectivity index (χ1v) is 12.7. The van der Waals surface area contributed by atoms with E-state index in [1.807, 2.05) is 30.3 Å². The van der Waals surface area contributed by atoms with Crippen molar-refractivity contribution in [2.45, 2.75) is 25.4 Å². The molecule has 2 rings (SSSR count). The molecular weight excluding hydrogens is 466 g/mol. The molecule has 0 unspecified atom stereocenters. The lowest BCUT2D eigenvalue weighted by molar-refractivity contribution is -0.141. The minimum atomic E-state index is -3.59. The van der Waals surface area contributed by atoms with Crippen LogP contribution in [0.25, 0.3) is 0 Å². The maximum Gasteiger partial charge on any atom is 0.243 e. The number of benzene rings is 2. The van der Waals surface area contributed by atoms with E-state index >= 15 is 0 Å². The minimum Gasteiger partial charge on any atom is -0.396 e. The number of aliphatic hydroxyl groups excluding tert-OH is 1. The first-order valence-electron chi connectivity index (χ1n) is 10.5. The number of aliphatic hydroxyl groups is 1. The van der Waals surface area contributed by atoms with Crippen LogP contribution in [0.15, 0.2) is 54.6 Å². The standard InChI is InChI=1S/C23H30ClN3O5S/c1-26(33(2,31)32)17-22(29)27(16-19-9-11-20(24)12-10-19)21(23(30)25-13-6-14-28)15-18-7-4-3-5-8-18/h3-5,7-12,21,28H,6,13-17H2,1-2H3,(H,25,30)/t21-/m1/s1. The van der Waals surface area contributed by atoms with Crippen LogP contribution in [0.2, 0.25) is 5.02 Å². The van der Waals surface area contributed by atoms with Crippen molar-refractivity contribution in [3.05, 3.63) is 70.7 Å². The van der Waals surface area contributed by atoms with Gasteiger partial charge in [-0.25, -0.2) is 8.42 Å². The lowest BCUT2D eigenvalue weighted by Gasteiger charge is -2.32. The van der Waals surface area contributed by atoms with E-state index in [0.717, 1.165) is 21.7 Å². The largest absolute Gasteiger partial charge is 0.396 e. The van der Waals surface area contributed by atoms with E-state index in [1.165, 1.54) is 11.9 Å². The molecule has 2 N–H and O–H groups in total. The Kier molecular flexibility index (Phi) is 10.3. The van der Waals surface area contributed by atoms with Gasteiger partial charge in [0.25, 0.3) is 0 Å². The third kappa shape index (κ3) is 8.77. The first kappa shape index (κ1) is 26.8. The highest BCUT2D eigenvalue weighted by atomic mass is 35.5. The predicted octanol–water partition coefficient (Wildman–Crippen LogP) is 1.67. The number of sulfonamides is 1. The number of carbonyl (C=O) groups is 2. The fraction of sp³-hybridized carbons (Fsp3) is 0.391. The highest BCUT2D eigenvalue weighted by molar-refractivity contribution is 7.88. The van der Waals surface area contributed by atoms with Crippen molar-refractivity contribution >= 4 is 33.4 Å². The van der Waals surface area contributed by atoms with Gasteiger partial charge in [0.1, 0.15) is 6.04 Å². The summed E-state index contributed by atoms with van der Waals surface area (Å²) < 4.78 is 24.7. The van der Waals surface area contributed by atoms with E-state index < -0.39 is 28.5 Å². The Morgan fingerprint density at radius 1 is 1.06 bits per heavy atom. The Bertz CT molecular complexity index is 1020. The van der Waals surface area contributed by atoms with Crippen LogP contribution in [0.3, 0.4) is 0 Å². The molecule has 0 aromatic heterocycles. The van der Waals surface area contributed by atoms with Gasteiger partial charge in [-0.05, 0) is 29.7 Å². The molecule has 0 bridgehead atoms. The molecule has 1 atom stereocenters. The molecule has 2 aromatic rings. The smallest absolute Gasteiger partial charge is 0.243 e. The molecule has 180 valence electrons. The zero-order valence-electron chi connectivity index (χ0n) is 18.8. The molecule has 2 aromatic carbocycles. The summed E-state index contributed by atoms with van der Waals surface area (Å²) in [6, 6.07) is 15.3. The van der Waals surface area contributed by atoms with Crippen LogP contribution in [-0.2, 0) is 32.6 Å². The molecule has 2 amide bonds. The van der Waals surface area contributed by atoms with Crippen molar-refractivity contribution in [1.82, 2.24) is 14.5 Å². The van der Waals surface area contributed by atoms with Gasteiger partial charge in [-0.2, -0.15) is 4.31 Å². The van der Waals surface area contributed by atoms with Crippen molar-refractivity contribution in [3.8, 4) is 0 Å². The molecule has 8 nitrogen and oxygen atoms in total. The topological polar surface area (TPSA) is 107 Å². The summed E-state index contributed by atoms with van der Waals surface area (Å²) in [6.07, 6.45) is 1.65. The van der Waals surface area contributed by atoms with Crippen LogP contribution in [0.5, 0.6) is 0 Å². The molecular formula is C23H30ClN3O5S. The molecule has 0 radical (unpaired) electrons. The zero-order chi connectivity index (χ0) is 24.4. The number of rotatable bonds is 12. The molecule has 0 saturated carbocycles. The number of carbonyl (C=O) groups excluding carboxylic acids is 2. The lowest BCUT2D eigenvalue weighted by Crippen LogP contribution is -2.53. The van der Waals surface area contributed by atoms with Gasteiger partial charge in [0, 0.05) is 38.2 Å². The summed E-state index contributed by atoms with van der Waals surface area (Å²) in [5.74, 6) is -0.882. The normalized spacial score (nSPS) is 12.4. The number of likely N-dealkylation sites (N-methyl/N-ethyl adjacent to an activating group) is 1. The van der Waals surface area contributed by atoms with Crippen molar-refractivity contribution in [2.75, 3.05) is 33.0 Å². The molecule has 0 fully saturated rings. The van der Waals surface area contributed by atoms with Gasteiger partial charge in [-0.3, -0.25) is 9.59 Å². The van der Waals surface area contributed by atoms with Crippen molar-refractivity contribution in [3.63, 3.8) is 0 Å². The first-order chi connectivity index (χ1) is 15.6. The van der Waals surface area contributed by atoms with Crippen LogP contribution < -0.4 is 5.32 Å². The number of amides is 2. The summed E-state index contributed by atoms with van der Waals surface area (Å²) in [6.45, 7) is -0.122. The second kappa shape index (κ2) is 12.7. The van der Waals surface area contributed by atoms with Crippen LogP contribution in [0.1, 0.15) is 17.5 Å². The summed E-state index contributed by atoms with van der Waals surface area (Å²) in [7, 11) is -2.27. The second-order valence-corrected chi connectivity index (χ2v) is 10.3. The van der Waals surface area contributed by atoms with Gasteiger partial charge in [-0.1, -0.05) is 54.1 Å². The number of hydrogen-bond acceptors (Lipinski definition) is 5. The van der Waals surface area contributed by atoms with Crippen LogP contribution in [0, 0.1) is 0 Å². The van der Waals surface area contributed by atoms with E-state index in [4.69, 9.17) is 16.7 Å². The maximum atomic E-state index is 13.3. The van der Waals surface area contributed by atoms with E-state index in [2.05, 4.69) is 5.32 Å². The van der Waals surface area contributed by atoms with Crippen molar-refractivity contribution < 1.29 is 23.1 Å². The van der Waals surface area contributed by atoms with Crippen molar-refractivity contribution in [1.29, 1.82) is 0 Å². The summed E-state index contributed by atoms with van der Waals surface area (Å²) in [4.78, 5) is 27.9. The summed E-state index contributed by atoms with van der Waals surface area (Å²) in [5, 5.41) is 12.4. The van der Waals surface area contributed by atoms with Crippen LogP contribution >= 0.6 is 11.6 Å². The molecule has 0 aliphatic rings. The highest BCUT2D eigenvalue weighted by Gasteiger charge is 2.31. The number of halogens is 1. The molecule has 10 heteroatoms. The summed E-state index contributed by atoms with van der Waals surface area (Å²) >= 11 is 5.98. The van der Waals surface area contributed by atoms with E-state index in [9.17, 15) is 18.0 Å². The number of nitrogens with zero attached hydrogens (tertiary/aromatic N) is 2. The lowest BCUT2D eigenvalue weighted by atomic mass is 10.0. The minimum absolute atomic E-state index is 0.0732. The average Bonchev–Trinajstić information content (AvgIpc) is 2.77. The highest BCUT2D eigenvalue weighted by Crippen LogP contribution is 2.17. The van der Waals surface area contributed by atoms with Gasteiger partial charge >= 0.3 is 0 Å². The SMILES string of the molecule is CN(CC(=O)N(Cc1ccc(Cl)cc1)[C@H](Cc1ccccc1)C(=O)NCCCO)S(C)(=O)=O. The molecule has 0 aliphatic heterocycles. The Hall–Kier alpha value is -2.46. The van der Waals surface area contributed by atoms with Crippen molar-refractivity contribution in [2.24, 2.45) is 0 Å². The maximum absolute atomic E-state index is 13.3. The third-order valence-corrected chi connectivity index (χ3v) is 6.61. The molecule has 33 heavy (non-hydrogen) atoms. The molecule has 0 spiro atoms. The summed E-state index contributed by atoms with van der Waals surface area (Å²) in [5.41, 5.74) is 1.60. The fourth-order valence-electron chi connectivity index (χ4n) is 3.15.